The standard InChI is InChI=1S/C16H25NOS/c1-3-12(4-2)15(18)11-17-10-14-9-13-7-5-6-8-16(13)19-14/h5-8,12,14-15,17-18H,3-4,9-11H2,1-2H3. The first-order valence-electron chi connectivity index (χ1n) is 7.37. The highest BCUT2D eigenvalue weighted by atomic mass is 32.2. The zero-order chi connectivity index (χ0) is 13.7. The van der Waals surface area contributed by atoms with Crippen molar-refractivity contribution < 1.29 is 5.11 Å². The van der Waals surface area contributed by atoms with E-state index in [1.807, 2.05) is 11.8 Å². The molecule has 1 aromatic rings. The Hall–Kier alpha value is -0.510. The molecule has 1 heterocycles. The summed E-state index contributed by atoms with van der Waals surface area (Å²) in [6.07, 6.45) is 3.06. The Kier molecular flexibility index (Phi) is 5.74. The van der Waals surface area contributed by atoms with E-state index in [4.69, 9.17) is 0 Å². The van der Waals surface area contributed by atoms with Crippen LogP contribution in [0.15, 0.2) is 29.2 Å². The van der Waals surface area contributed by atoms with Crippen molar-refractivity contribution in [1.82, 2.24) is 5.32 Å². The molecule has 2 rings (SSSR count). The van der Waals surface area contributed by atoms with Crippen molar-refractivity contribution in [3.05, 3.63) is 29.8 Å². The van der Waals surface area contributed by atoms with Crippen LogP contribution in [0.25, 0.3) is 0 Å². The van der Waals surface area contributed by atoms with Gasteiger partial charge in [-0.3, -0.25) is 0 Å². The lowest BCUT2D eigenvalue weighted by Gasteiger charge is -2.21. The van der Waals surface area contributed by atoms with Gasteiger partial charge >= 0.3 is 0 Å². The van der Waals surface area contributed by atoms with E-state index in [2.05, 4.69) is 43.4 Å². The first-order valence-corrected chi connectivity index (χ1v) is 8.25. The molecule has 1 aliphatic heterocycles. The average Bonchev–Trinajstić information content (AvgIpc) is 2.82. The molecule has 3 heteroatoms. The summed E-state index contributed by atoms with van der Waals surface area (Å²) >= 11 is 1.96. The van der Waals surface area contributed by atoms with Gasteiger partial charge in [0.15, 0.2) is 0 Å². The summed E-state index contributed by atoms with van der Waals surface area (Å²) in [5.74, 6) is 0.431. The molecule has 2 unspecified atom stereocenters. The van der Waals surface area contributed by atoms with Crippen LogP contribution in [-0.2, 0) is 6.42 Å². The second kappa shape index (κ2) is 7.32. The van der Waals surface area contributed by atoms with E-state index in [-0.39, 0.29) is 6.10 Å². The normalized spacial score (nSPS) is 19.7. The monoisotopic (exact) mass is 279 g/mol. The number of benzene rings is 1. The van der Waals surface area contributed by atoms with Gasteiger partial charge < -0.3 is 10.4 Å². The van der Waals surface area contributed by atoms with Crippen molar-refractivity contribution in [2.75, 3.05) is 13.1 Å². The summed E-state index contributed by atoms with van der Waals surface area (Å²) < 4.78 is 0. The third-order valence-corrected chi connectivity index (χ3v) is 5.35. The second-order valence-electron chi connectivity index (χ2n) is 5.35. The molecular formula is C16H25NOS. The van der Waals surface area contributed by atoms with Gasteiger partial charge in [-0.05, 0) is 24.0 Å². The van der Waals surface area contributed by atoms with Crippen molar-refractivity contribution in [2.45, 2.75) is 49.4 Å². The molecule has 0 radical (unpaired) electrons. The van der Waals surface area contributed by atoms with E-state index in [0.29, 0.717) is 11.2 Å². The maximum atomic E-state index is 10.1. The molecule has 0 aromatic heterocycles. The quantitative estimate of drug-likeness (QED) is 0.804. The largest absolute Gasteiger partial charge is 0.392 e. The molecule has 19 heavy (non-hydrogen) atoms. The number of aliphatic hydroxyl groups excluding tert-OH is 1. The first-order chi connectivity index (χ1) is 9.24. The molecule has 106 valence electrons. The van der Waals surface area contributed by atoms with Gasteiger partial charge in [-0.15, -0.1) is 11.8 Å². The van der Waals surface area contributed by atoms with Crippen LogP contribution in [0.2, 0.25) is 0 Å². The van der Waals surface area contributed by atoms with Gasteiger partial charge in [0.1, 0.15) is 0 Å². The zero-order valence-corrected chi connectivity index (χ0v) is 12.7. The van der Waals surface area contributed by atoms with Crippen molar-refractivity contribution in [1.29, 1.82) is 0 Å². The van der Waals surface area contributed by atoms with Crippen molar-refractivity contribution >= 4 is 11.8 Å². The van der Waals surface area contributed by atoms with E-state index in [0.717, 1.165) is 32.4 Å². The maximum absolute atomic E-state index is 10.1. The third kappa shape index (κ3) is 3.98. The molecular weight excluding hydrogens is 254 g/mol. The summed E-state index contributed by atoms with van der Waals surface area (Å²) in [7, 11) is 0. The number of thioether (sulfide) groups is 1. The first kappa shape index (κ1) is 14.9. The number of hydrogen-bond donors (Lipinski definition) is 2. The van der Waals surface area contributed by atoms with Crippen LogP contribution >= 0.6 is 11.8 Å². The summed E-state index contributed by atoms with van der Waals surface area (Å²) in [6, 6.07) is 8.66. The predicted molar refractivity (Wildman–Crippen MR) is 82.7 cm³/mol. The summed E-state index contributed by atoms with van der Waals surface area (Å²) in [5.41, 5.74) is 1.47. The van der Waals surface area contributed by atoms with E-state index in [1.54, 1.807) is 0 Å². The Morgan fingerprint density at radius 3 is 2.74 bits per heavy atom. The molecule has 0 spiro atoms. The molecule has 2 atom stereocenters. The SMILES string of the molecule is CCC(CC)C(O)CNCC1Cc2ccccc2S1. The lowest BCUT2D eigenvalue weighted by atomic mass is 9.96. The molecule has 0 saturated heterocycles. The highest BCUT2D eigenvalue weighted by molar-refractivity contribution is 8.00. The third-order valence-electron chi connectivity index (χ3n) is 4.03. The van der Waals surface area contributed by atoms with E-state index in [9.17, 15) is 5.11 Å². The van der Waals surface area contributed by atoms with E-state index in [1.165, 1.54) is 10.5 Å². The number of rotatable bonds is 7. The lowest BCUT2D eigenvalue weighted by Crippen LogP contribution is -2.35. The fraction of sp³-hybridized carbons (Fsp3) is 0.625. The number of fused-ring (bicyclic) bond motifs is 1. The average molecular weight is 279 g/mol. The molecule has 1 aliphatic rings. The molecule has 0 saturated carbocycles. The molecule has 2 N–H and O–H groups in total. The van der Waals surface area contributed by atoms with Crippen LogP contribution in [-0.4, -0.2) is 29.5 Å². The van der Waals surface area contributed by atoms with Crippen LogP contribution < -0.4 is 5.32 Å². The van der Waals surface area contributed by atoms with E-state index < -0.39 is 0 Å². The molecule has 2 nitrogen and oxygen atoms in total. The van der Waals surface area contributed by atoms with Crippen LogP contribution in [0.3, 0.4) is 0 Å². The van der Waals surface area contributed by atoms with Crippen LogP contribution in [0.5, 0.6) is 0 Å². The summed E-state index contributed by atoms with van der Waals surface area (Å²) in [5, 5.41) is 14.1. The molecule has 0 fully saturated rings. The summed E-state index contributed by atoms with van der Waals surface area (Å²) in [6.45, 7) is 6.01. The van der Waals surface area contributed by atoms with Gasteiger partial charge in [0.25, 0.3) is 0 Å². The van der Waals surface area contributed by atoms with Gasteiger partial charge in [-0.2, -0.15) is 0 Å². The maximum Gasteiger partial charge on any atom is 0.0692 e. The van der Waals surface area contributed by atoms with Crippen LogP contribution in [0.4, 0.5) is 0 Å². The fourth-order valence-corrected chi connectivity index (χ4v) is 4.04. The Bertz CT molecular complexity index is 367. The number of aliphatic hydroxyl groups is 1. The topological polar surface area (TPSA) is 32.3 Å². The van der Waals surface area contributed by atoms with E-state index >= 15 is 0 Å². The highest BCUT2D eigenvalue weighted by Crippen LogP contribution is 2.36. The predicted octanol–water partition coefficient (Wildman–Crippen LogP) is 3.09. The zero-order valence-electron chi connectivity index (χ0n) is 11.9. The minimum absolute atomic E-state index is 0.205. The van der Waals surface area contributed by atoms with Gasteiger partial charge in [0.2, 0.25) is 0 Å². The van der Waals surface area contributed by atoms with Crippen molar-refractivity contribution in [3.63, 3.8) is 0 Å². The van der Waals surface area contributed by atoms with Crippen molar-refractivity contribution in [3.8, 4) is 0 Å². The lowest BCUT2D eigenvalue weighted by molar-refractivity contribution is 0.102. The van der Waals surface area contributed by atoms with Crippen LogP contribution in [0.1, 0.15) is 32.3 Å². The highest BCUT2D eigenvalue weighted by Gasteiger charge is 2.22. The summed E-state index contributed by atoms with van der Waals surface area (Å²) in [4.78, 5) is 1.43. The molecule has 0 amide bonds. The minimum Gasteiger partial charge on any atom is -0.392 e. The Balaban J connectivity index is 1.71. The van der Waals surface area contributed by atoms with Gasteiger partial charge in [-0.25, -0.2) is 0 Å². The molecule has 1 aromatic carbocycles. The fourth-order valence-electron chi connectivity index (χ4n) is 2.76. The minimum atomic E-state index is -0.205. The second-order valence-corrected chi connectivity index (χ2v) is 6.70. The Labute approximate surface area is 121 Å². The molecule has 0 bridgehead atoms. The van der Waals surface area contributed by atoms with Gasteiger partial charge in [0, 0.05) is 23.2 Å². The van der Waals surface area contributed by atoms with Crippen molar-refractivity contribution in [2.24, 2.45) is 5.92 Å². The number of hydrogen-bond acceptors (Lipinski definition) is 3. The Morgan fingerprint density at radius 2 is 2.05 bits per heavy atom. The smallest absolute Gasteiger partial charge is 0.0692 e. The van der Waals surface area contributed by atoms with Gasteiger partial charge in [-0.1, -0.05) is 44.9 Å². The van der Waals surface area contributed by atoms with Crippen LogP contribution in [0, 0.1) is 5.92 Å². The number of nitrogens with one attached hydrogen (secondary N) is 1. The molecule has 0 aliphatic carbocycles. The Morgan fingerprint density at radius 1 is 1.32 bits per heavy atom. The van der Waals surface area contributed by atoms with Gasteiger partial charge in [0.05, 0.1) is 6.10 Å².